The number of nitrogens with one attached hydrogen (secondary N) is 2. The number of ether oxygens (including phenoxy) is 1. The third-order valence-electron chi connectivity index (χ3n) is 5.54. The Kier molecular flexibility index (Phi) is 9.72. The first kappa shape index (κ1) is 28.2. The summed E-state index contributed by atoms with van der Waals surface area (Å²) in [6, 6.07) is 12.3. The van der Waals surface area contributed by atoms with E-state index in [4.69, 9.17) is 16.3 Å². The second-order valence-electron chi connectivity index (χ2n) is 9.60. The van der Waals surface area contributed by atoms with Gasteiger partial charge in [-0.3, -0.25) is 9.59 Å². The van der Waals surface area contributed by atoms with Gasteiger partial charge in [0.15, 0.2) is 0 Å². The molecule has 0 fully saturated rings. The number of anilines is 1. The topological polar surface area (TPSA) is 87.7 Å². The number of aryl methyl sites for hydroxylation is 1. The Morgan fingerprint density at radius 1 is 1.03 bits per heavy atom. The van der Waals surface area contributed by atoms with Crippen LogP contribution in [0.1, 0.15) is 65.1 Å². The summed E-state index contributed by atoms with van der Waals surface area (Å²) in [4.78, 5) is 41.3. The van der Waals surface area contributed by atoms with Crippen LogP contribution in [0, 0.1) is 6.92 Å². The Bertz CT molecular complexity index is 1020. The Morgan fingerprint density at radius 2 is 1.66 bits per heavy atom. The first-order valence-corrected chi connectivity index (χ1v) is 12.2. The van der Waals surface area contributed by atoms with Crippen molar-refractivity contribution < 1.29 is 19.1 Å². The van der Waals surface area contributed by atoms with E-state index in [9.17, 15) is 14.4 Å². The lowest BCUT2D eigenvalue weighted by molar-refractivity contribution is -0.143. The van der Waals surface area contributed by atoms with E-state index in [1.54, 1.807) is 52.0 Å². The molecular formula is C27H36ClN3O4. The third kappa shape index (κ3) is 7.72. The van der Waals surface area contributed by atoms with Crippen molar-refractivity contribution in [2.45, 2.75) is 78.6 Å². The average Bonchev–Trinajstić information content (AvgIpc) is 2.78. The maximum atomic E-state index is 13.7. The second-order valence-corrected chi connectivity index (χ2v) is 10.0. The fourth-order valence-corrected chi connectivity index (χ4v) is 3.89. The molecule has 190 valence electrons. The zero-order valence-corrected chi connectivity index (χ0v) is 22.3. The Labute approximate surface area is 213 Å². The molecule has 0 saturated carbocycles. The number of rotatable bonds is 8. The highest BCUT2D eigenvalue weighted by Gasteiger charge is 2.37. The smallest absolute Gasteiger partial charge is 0.408 e. The number of amides is 3. The number of hydrogen-bond donors (Lipinski definition) is 2. The van der Waals surface area contributed by atoms with Gasteiger partial charge in [0.2, 0.25) is 5.91 Å². The average molecular weight is 502 g/mol. The quantitative estimate of drug-likeness (QED) is 0.473. The van der Waals surface area contributed by atoms with Crippen molar-refractivity contribution in [2.75, 3.05) is 5.32 Å². The maximum Gasteiger partial charge on any atom is 0.408 e. The summed E-state index contributed by atoms with van der Waals surface area (Å²) in [7, 11) is 0. The predicted molar refractivity (Wildman–Crippen MR) is 139 cm³/mol. The molecule has 0 aliphatic heterocycles. The van der Waals surface area contributed by atoms with Crippen LogP contribution in [0.3, 0.4) is 0 Å². The molecule has 0 aliphatic rings. The van der Waals surface area contributed by atoms with E-state index < -0.39 is 35.6 Å². The molecule has 0 aromatic heterocycles. The molecule has 0 saturated heterocycles. The summed E-state index contributed by atoms with van der Waals surface area (Å²) in [6.07, 6.45) is -0.0954. The molecule has 0 bridgehead atoms. The van der Waals surface area contributed by atoms with Gasteiger partial charge in [0, 0.05) is 6.04 Å². The number of carbonyl (C=O) groups excluding carboxylic acids is 3. The van der Waals surface area contributed by atoms with Crippen molar-refractivity contribution >= 4 is 35.2 Å². The lowest BCUT2D eigenvalue weighted by Gasteiger charge is -2.37. The summed E-state index contributed by atoms with van der Waals surface area (Å²) in [5.41, 5.74) is 1.24. The maximum absolute atomic E-state index is 13.7. The number of para-hydroxylation sites is 1. The van der Waals surface area contributed by atoms with Crippen molar-refractivity contribution in [2.24, 2.45) is 0 Å². The molecule has 0 radical (unpaired) electrons. The first-order valence-electron chi connectivity index (χ1n) is 11.8. The van der Waals surface area contributed by atoms with Crippen molar-refractivity contribution in [3.63, 3.8) is 0 Å². The van der Waals surface area contributed by atoms with Crippen molar-refractivity contribution in [3.05, 3.63) is 64.7 Å². The van der Waals surface area contributed by atoms with Crippen molar-refractivity contribution in [1.82, 2.24) is 10.2 Å². The highest BCUT2D eigenvalue weighted by molar-refractivity contribution is 6.34. The molecule has 3 unspecified atom stereocenters. The van der Waals surface area contributed by atoms with E-state index in [1.807, 2.05) is 45.0 Å². The van der Waals surface area contributed by atoms with E-state index in [0.717, 1.165) is 5.56 Å². The van der Waals surface area contributed by atoms with Crippen LogP contribution in [0.5, 0.6) is 0 Å². The molecule has 3 amide bonds. The van der Waals surface area contributed by atoms with E-state index >= 15 is 0 Å². The zero-order valence-electron chi connectivity index (χ0n) is 21.5. The number of carbonyl (C=O) groups is 3. The fraction of sp³-hybridized carbons (Fsp3) is 0.444. The van der Waals surface area contributed by atoms with Gasteiger partial charge in [0.1, 0.15) is 17.7 Å². The highest BCUT2D eigenvalue weighted by Crippen LogP contribution is 2.30. The van der Waals surface area contributed by atoms with Gasteiger partial charge in [0.25, 0.3) is 5.91 Å². The molecule has 2 aromatic carbocycles. The summed E-state index contributed by atoms with van der Waals surface area (Å²) in [5.74, 6) is -0.796. The minimum absolute atomic E-state index is 0.298. The zero-order chi connectivity index (χ0) is 26.3. The van der Waals surface area contributed by atoms with Crippen LogP contribution in [0.2, 0.25) is 5.02 Å². The molecule has 8 heteroatoms. The van der Waals surface area contributed by atoms with Crippen LogP contribution in [-0.2, 0) is 14.3 Å². The fourth-order valence-electron chi connectivity index (χ4n) is 3.62. The number of hydrogen-bond acceptors (Lipinski definition) is 4. The molecule has 0 aliphatic carbocycles. The van der Waals surface area contributed by atoms with E-state index in [0.29, 0.717) is 22.7 Å². The minimum Gasteiger partial charge on any atom is -0.444 e. The summed E-state index contributed by atoms with van der Waals surface area (Å²) < 4.78 is 5.31. The molecule has 35 heavy (non-hydrogen) atoms. The molecule has 0 heterocycles. The highest BCUT2D eigenvalue weighted by atomic mass is 35.5. The number of benzene rings is 2. The van der Waals surface area contributed by atoms with Gasteiger partial charge in [-0.25, -0.2) is 4.79 Å². The molecule has 7 nitrogen and oxygen atoms in total. The minimum atomic E-state index is -0.947. The first-order chi connectivity index (χ1) is 16.4. The molecule has 0 spiro atoms. The van der Waals surface area contributed by atoms with Crippen LogP contribution in [0.25, 0.3) is 0 Å². The Hall–Kier alpha value is -3.06. The normalized spacial score (nSPS) is 13.8. The monoisotopic (exact) mass is 501 g/mol. The predicted octanol–water partition coefficient (Wildman–Crippen LogP) is 5.87. The molecule has 2 rings (SSSR count). The number of halogens is 1. The Balaban J connectivity index is 2.45. The van der Waals surface area contributed by atoms with Gasteiger partial charge in [-0.2, -0.15) is 0 Å². The van der Waals surface area contributed by atoms with Gasteiger partial charge in [-0.1, -0.05) is 61.0 Å². The van der Waals surface area contributed by atoms with Gasteiger partial charge < -0.3 is 20.3 Å². The summed E-state index contributed by atoms with van der Waals surface area (Å²) in [6.45, 7) is 12.5. The number of alkyl carbamates (subject to hydrolysis) is 1. The number of nitrogens with zero attached hydrogens (tertiary/aromatic N) is 1. The summed E-state index contributed by atoms with van der Waals surface area (Å²) in [5, 5.41) is 5.94. The van der Waals surface area contributed by atoms with Crippen LogP contribution in [0.4, 0.5) is 10.5 Å². The van der Waals surface area contributed by atoms with Gasteiger partial charge in [-0.15, -0.1) is 0 Å². The van der Waals surface area contributed by atoms with Gasteiger partial charge >= 0.3 is 6.09 Å². The van der Waals surface area contributed by atoms with Gasteiger partial charge in [0.05, 0.1) is 10.7 Å². The Morgan fingerprint density at radius 3 is 2.20 bits per heavy atom. The lowest BCUT2D eigenvalue weighted by atomic mass is 10.00. The van der Waals surface area contributed by atoms with E-state index in [-0.39, 0.29) is 6.04 Å². The third-order valence-corrected chi connectivity index (χ3v) is 5.85. The largest absolute Gasteiger partial charge is 0.444 e. The van der Waals surface area contributed by atoms with Crippen LogP contribution in [-0.4, -0.2) is 40.5 Å². The van der Waals surface area contributed by atoms with Crippen molar-refractivity contribution in [1.29, 1.82) is 0 Å². The molecule has 2 N–H and O–H groups in total. The molecule has 2 aromatic rings. The standard InChI is InChI=1S/C27H36ClN3O4/c1-8-18(3)31(25(33)19(4)29-26(34)35-27(5,6)7)23(20-14-10-9-11-15-20)24(32)30-22-17(2)13-12-16-21(22)28/h9-16,18-19,23H,8H2,1-7H3,(H,29,34)(H,30,32). The van der Waals surface area contributed by atoms with Crippen LogP contribution >= 0.6 is 11.6 Å². The van der Waals surface area contributed by atoms with Gasteiger partial charge in [-0.05, 0) is 65.2 Å². The summed E-state index contributed by atoms with van der Waals surface area (Å²) >= 11 is 6.36. The molecule has 3 atom stereocenters. The SMILES string of the molecule is CCC(C)N(C(=O)C(C)NC(=O)OC(C)(C)C)C(C(=O)Nc1c(C)cccc1Cl)c1ccccc1. The van der Waals surface area contributed by atoms with E-state index in [1.165, 1.54) is 4.90 Å². The van der Waals surface area contributed by atoms with Crippen molar-refractivity contribution in [3.8, 4) is 0 Å². The van der Waals surface area contributed by atoms with Crippen LogP contribution in [0.15, 0.2) is 48.5 Å². The van der Waals surface area contributed by atoms with Crippen LogP contribution < -0.4 is 10.6 Å². The second kappa shape index (κ2) is 12.1. The lowest BCUT2D eigenvalue weighted by Crippen LogP contribution is -2.53. The molecular weight excluding hydrogens is 466 g/mol. The van der Waals surface area contributed by atoms with E-state index in [2.05, 4.69) is 10.6 Å².